The summed E-state index contributed by atoms with van der Waals surface area (Å²) in [6, 6.07) is 4.03. The zero-order valence-electron chi connectivity index (χ0n) is 16.8. The molecular weight excluding hydrogens is 392 g/mol. The molecule has 0 bridgehead atoms. The maximum absolute atomic E-state index is 12.4. The van der Waals surface area contributed by atoms with Crippen molar-refractivity contribution in [1.29, 1.82) is 0 Å². The summed E-state index contributed by atoms with van der Waals surface area (Å²) in [6.45, 7) is 9.29. The van der Waals surface area contributed by atoms with Crippen LogP contribution in [-0.2, 0) is 16.0 Å². The summed E-state index contributed by atoms with van der Waals surface area (Å²) >= 11 is 6.92. The molecule has 1 aromatic heterocycles. The van der Waals surface area contributed by atoms with Crippen LogP contribution in [0, 0.1) is 0 Å². The number of hydrogen-bond acceptors (Lipinski definition) is 5. The Morgan fingerprint density at radius 1 is 1.18 bits per heavy atom. The molecule has 3 heterocycles. The zero-order chi connectivity index (χ0) is 20.1. The van der Waals surface area contributed by atoms with E-state index in [2.05, 4.69) is 10.2 Å². The van der Waals surface area contributed by atoms with E-state index < -0.39 is 5.54 Å². The fraction of sp³-hybridized carbons (Fsp3) is 0.650. The molecule has 0 unspecified atom stereocenters. The van der Waals surface area contributed by atoms with Crippen LogP contribution in [0.1, 0.15) is 38.0 Å². The van der Waals surface area contributed by atoms with E-state index in [4.69, 9.17) is 12.2 Å². The maximum atomic E-state index is 12.4. The number of rotatable bonds is 8. The van der Waals surface area contributed by atoms with Gasteiger partial charge in [-0.3, -0.25) is 14.5 Å². The van der Waals surface area contributed by atoms with Crippen molar-refractivity contribution in [1.82, 2.24) is 20.0 Å². The van der Waals surface area contributed by atoms with Gasteiger partial charge in [0.1, 0.15) is 5.54 Å². The quantitative estimate of drug-likeness (QED) is 0.514. The van der Waals surface area contributed by atoms with Crippen molar-refractivity contribution in [2.24, 2.45) is 0 Å². The van der Waals surface area contributed by atoms with Gasteiger partial charge >= 0.3 is 0 Å². The molecular formula is C20H30N4O2S2. The molecule has 3 rings (SSSR count). The van der Waals surface area contributed by atoms with Gasteiger partial charge in [-0.2, -0.15) is 0 Å². The van der Waals surface area contributed by atoms with Crippen LogP contribution in [0.3, 0.4) is 0 Å². The lowest BCUT2D eigenvalue weighted by atomic mass is 10.0. The van der Waals surface area contributed by atoms with Crippen LogP contribution in [-0.4, -0.2) is 76.4 Å². The third kappa shape index (κ3) is 5.10. The number of nitrogens with one attached hydrogen (secondary N) is 1. The normalized spacial score (nSPS) is 19.9. The van der Waals surface area contributed by atoms with Crippen LogP contribution in [0.15, 0.2) is 17.5 Å². The molecule has 0 atom stereocenters. The Bertz CT molecular complexity index is 697. The molecule has 0 radical (unpaired) electrons. The van der Waals surface area contributed by atoms with E-state index in [1.54, 1.807) is 11.3 Å². The summed E-state index contributed by atoms with van der Waals surface area (Å²) < 4.78 is 0. The Morgan fingerprint density at radius 2 is 1.89 bits per heavy atom. The second-order valence-electron chi connectivity index (χ2n) is 8.01. The Kier molecular flexibility index (Phi) is 7.06. The molecule has 0 aromatic carbocycles. The van der Waals surface area contributed by atoms with Crippen molar-refractivity contribution in [3.63, 3.8) is 0 Å². The molecule has 2 amide bonds. The number of carbonyl (C=O) groups excluding carboxylic acids is 2. The van der Waals surface area contributed by atoms with Gasteiger partial charge in [-0.1, -0.05) is 12.5 Å². The molecule has 0 aliphatic carbocycles. The van der Waals surface area contributed by atoms with Gasteiger partial charge in [0.05, 0.1) is 6.42 Å². The van der Waals surface area contributed by atoms with Gasteiger partial charge in [0.15, 0.2) is 5.11 Å². The minimum absolute atomic E-state index is 0.0102. The van der Waals surface area contributed by atoms with Crippen LogP contribution in [0.25, 0.3) is 0 Å². The molecule has 2 aliphatic heterocycles. The first-order chi connectivity index (χ1) is 13.4. The molecule has 154 valence electrons. The average Bonchev–Trinajstić information content (AvgIpc) is 3.23. The van der Waals surface area contributed by atoms with Gasteiger partial charge in [-0.05, 0) is 56.9 Å². The average molecular weight is 423 g/mol. The fourth-order valence-electron chi connectivity index (χ4n) is 3.75. The molecule has 28 heavy (non-hydrogen) atoms. The van der Waals surface area contributed by atoms with Crippen molar-refractivity contribution in [2.45, 2.75) is 45.1 Å². The van der Waals surface area contributed by atoms with E-state index in [9.17, 15) is 9.59 Å². The topological polar surface area (TPSA) is 55.9 Å². The zero-order valence-corrected chi connectivity index (χ0v) is 18.4. The van der Waals surface area contributed by atoms with E-state index in [-0.39, 0.29) is 11.8 Å². The van der Waals surface area contributed by atoms with Crippen LogP contribution in [0.4, 0.5) is 0 Å². The summed E-state index contributed by atoms with van der Waals surface area (Å²) in [7, 11) is 0. The second kappa shape index (κ2) is 9.33. The fourth-order valence-corrected chi connectivity index (χ4v) is 4.86. The molecule has 2 aliphatic rings. The first kappa shape index (κ1) is 21.2. The Morgan fingerprint density at radius 3 is 2.50 bits per heavy atom. The molecule has 1 N–H and O–H groups in total. The molecule has 0 saturated carbocycles. The predicted octanol–water partition coefficient (Wildman–Crippen LogP) is 2.10. The largest absolute Gasteiger partial charge is 0.340 e. The van der Waals surface area contributed by atoms with E-state index in [0.717, 1.165) is 63.4 Å². The highest BCUT2D eigenvalue weighted by Crippen LogP contribution is 2.21. The Labute approximate surface area is 176 Å². The van der Waals surface area contributed by atoms with Gasteiger partial charge in [0.25, 0.3) is 5.91 Å². The lowest BCUT2D eigenvalue weighted by molar-refractivity contribution is -0.132. The predicted molar refractivity (Wildman–Crippen MR) is 116 cm³/mol. The van der Waals surface area contributed by atoms with Crippen LogP contribution < -0.4 is 5.32 Å². The van der Waals surface area contributed by atoms with Crippen molar-refractivity contribution in [3.8, 4) is 0 Å². The number of hydrogen-bond donors (Lipinski definition) is 1. The van der Waals surface area contributed by atoms with E-state index >= 15 is 0 Å². The molecule has 0 spiro atoms. The highest BCUT2D eigenvalue weighted by atomic mass is 32.1. The lowest BCUT2D eigenvalue weighted by Crippen LogP contribution is -2.49. The van der Waals surface area contributed by atoms with Crippen LogP contribution >= 0.6 is 23.6 Å². The van der Waals surface area contributed by atoms with Gasteiger partial charge in [-0.15, -0.1) is 11.3 Å². The van der Waals surface area contributed by atoms with Gasteiger partial charge in [-0.25, -0.2) is 0 Å². The Hall–Kier alpha value is -1.51. The van der Waals surface area contributed by atoms with Crippen molar-refractivity contribution >= 4 is 40.5 Å². The maximum Gasteiger partial charge on any atom is 0.251 e. The van der Waals surface area contributed by atoms with Gasteiger partial charge < -0.3 is 15.1 Å². The highest BCUT2D eigenvalue weighted by molar-refractivity contribution is 7.80. The van der Waals surface area contributed by atoms with Crippen molar-refractivity contribution < 1.29 is 9.59 Å². The number of thiocarbonyl (C=S) groups is 1. The van der Waals surface area contributed by atoms with E-state index in [0.29, 0.717) is 11.5 Å². The smallest absolute Gasteiger partial charge is 0.251 e. The highest BCUT2D eigenvalue weighted by Gasteiger charge is 2.42. The van der Waals surface area contributed by atoms with Crippen molar-refractivity contribution in [3.05, 3.63) is 22.4 Å². The molecule has 6 nitrogen and oxygen atoms in total. The van der Waals surface area contributed by atoms with Gasteiger partial charge in [0, 0.05) is 37.6 Å². The second-order valence-corrected chi connectivity index (χ2v) is 9.43. The number of carbonyl (C=O) groups is 2. The first-order valence-electron chi connectivity index (χ1n) is 10.0. The summed E-state index contributed by atoms with van der Waals surface area (Å²) in [5.41, 5.74) is -0.539. The minimum Gasteiger partial charge on any atom is -0.340 e. The number of thiophene rings is 1. The standard InChI is InChI=1S/C20H30N4O2S2/c1-20(2)18(26)21-19(27)24(20)9-5-3-4-8-22-10-12-23(13-11-22)17(25)15-16-7-6-14-28-16/h6-7,14H,3-5,8-13,15H2,1-2H3,(H,21,26,27). The number of nitrogens with zero attached hydrogens (tertiary/aromatic N) is 3. The monoisotopic (exact) mass is 422 g/mol. The number of amides is 2. The number of piperazine rings is 1. The third-order valence-electron chi connectivity index (χ3n) is 5.68. The van der Waals surface area contributed by atoms with Gasteiger partial charge in [0.2, 0.25) is 5.91 Å². The summed E-state index contributed by atoms with van der Waals surface area (Å²) in [4.78, 5) is 31.9. The number of unbranched alkanes of at least 4 members (excludes halogenated alkanes) is 2. The lowest BCUT2D eigenvalue weighted by Gasteiger charge is -2.35. The minimum atomic E-state index is -0.539. The molecule has 1 aromatic rings. The SMILES string of the molecule is CC1(C)C(=O)NC(=S)N1CCCCCN1CCN(C(=O)Cc2cccs2)CC1. The molecule has 2 fully saturated rings. The first-order valence-corrected chi connectivity index (χ1v) is 11.3. The summed E-state index contributed by atoms with van der Waals surface area (Å²) in [6.07, 6.45) is 3.80. The summed E-state index contributed by atoms with van der Waals surface area (Å²) in [5.74, 6) is 0.235. The third-order valence-corrected chi connectivity index (χ3v) is 6.88. The van der Waals surface area contributed by atoms with E-state index in [1.165, 1.54) is 0 Å². The molecule has 8 heteroatoms. The summed E-state index contributed by atoms with van der Waals surface area (Å²) in [5, 5.41) is 5.33. The van der Waals surface area contributed by atoms with Crippen LogP contribution in [0.5, 0.6) is 0 Å². The molecule has 2 saturated heterocycles. The van der Waals surface area contributed by atoms with Crippen LogP contribution in [0.2, 0.25) is 0 Å². The van der Waals surface area contributed by atoms with Crippen molar-refractivity contribution in [2.75, 3.05) is 39.3 Å². The van der Waals surface area contributed by atoms with E-state index in [1.807, 2.05) is 41.2 Å². The Balaban J connectivity index is 1.29.